The summed E-state index contributed by atoms with van der Waals surface area (Å²) in [5, 5.41) is 6.12. The fraction of sp³-hybridized carbons (Fsp3) is 0.933. The van der Waals surface area contributed by atoms with E-state index < -0.39 is 0 Å². The Morgan fingerprint density at radius 1 is 1.25 bits per heavy atom. The zero-order valence-electron chi connectivity index (χ0n) is 12.5. The van der Waals surface area contributed by atoms with Crippen molar-refractivity contribution in [1.29, 1.82) is 0 Å². The van der Waals surface area contributed by atoms with Crippen molar-refractivity contribution in [1.82, 2.24) is 10.6 Å². The van der Waals surface area contributed by atoms with Gasteiger partial charge in [0.1, 0.15) is 0 Å². The lowest BCUT2D eigenvalue weighted by Crippen LogP contribution is -2.43. The van der Waals surface area contributed by atoms with E-state index in [1.807, 2.05) is 7.05 Å². The lowest BCUT2D eigenvalue weighted by molar-refractivity contribution is -0.125. The predicted molar refractivity (Wildman–Crippen MR) is 77.6 cm³/mol. The van der Waals surface area contributed by atoms with E-state index in [-0.39, 0.29) is 17.9 Å². The maximum Gasteiger partial charge on any atom is 0.227 e. The number of ether oxygens (including phenoxy) is 2. The lowest BCUT2D eigenvalue weighted by atomic mass is 9.98. The van der Waals surface area contributed by atoms with Crippen molar-refractivity contribution < 1.29 is 14.3 Å². The van der Waals surface area contributed by atoms with Crippen LogP contribution < -0.4 is 10.6 Å². The summed E-state index contributed by atoms with van der Waals surface area (Å²) in [6, 6.07) is 0.147. The SMILES string of the molecule is CNC1COCC1C(=O)NCCCOC1CCCCC1. The van der Waals surface area contributed by atoms with E-state index in [9.17, 15) is 4.79 Å². The minimum atomic E-state index is -0.0562. The number of hydrogen-bond acceptors (Lipinski definition) is 4. The third-order valence-corrected chi connectivity index (χ3v) is 4.31. The normalized spacial score (nSPS) is 27.6. The Morgan fingerprint density at radius 3 is 2.80 bits per heavy atom. The summed E-state index contributed by atoms with van der Waals surface area (Å²) in [5.74, 6) is 0.0405. The van der Waals surface area contributed by atoms with Crippen molar-refractivity contribution >= 4 is 5.91 Å². The first-order valence-electron chi connectivity index (χ1n) is 7.95. The van der Waals surface area contributed by atoms with Crippen LogP contribution in [0.5, 0.6) is 0 Å². The highest BCUT2D eigenvalue weighted by atomic mass is 16.5. The minimum Gasteiger partial charge on any atom is -0.379 e. The molecule has 2 fully saturated rings. The summed E-state index contributed by atoms with van der Waals surface area (Å²) in [6.45, 7) is 2.59. The van der Waals surface area contributed by atoms with Crippen LogP contribution in [0.25, 0.3) is 0 Å². The molecule has 2 atom stereocenters. The average Bonchev–Trinajstić information content (AvgIpc) is 2.96. The molecule has 1 saturated carbocycles. The van der Waals surface area contributed by atoms with Gasteiger partial charge in [0.15, 0.2) is 0 Å². The standard InChI is InChI=1S/C15H28N2O3/c1-16-14-11-19-10-13(14)15(18)17-8-5-9-20-12-6-3-2-4-7-12/h12-14,16H,2-11H2,1H3,(H,17,18). The van der Waals surface area contributed by atoms with Crippen LogP contribution in [0.15, 0.2) is 0 Å². The number of nitrogens with one attached hydrogen (secondary N) is 2. The Bertz CT molecular complexity index is 293. The van der Waals surface area contributed by atoms with Crippen LogP contribution in [-0.4, -0.2) is 51.5 Å². The van der Waals surface area contributed by atoms with Gasteiger partial charge in [0.25, 0.3) is 0 Å². The highest BCUT2D eigenvalue weighted by Gasteiger charge is 2.32. The topological polar surface area (TPSA) is 59.6 Å². The Morgan fingerprint density at radius 2 is 2.05 bits per heavy atom. The third-order valence-electron chi connectivity index (χ3n) is 4.31. The number of carbonyl (C=O) groups excluding carboxylic acids is 1. The summed E-state index contributed by atoms with van der Waals surface area (Å²) >= 11 is 0. The van der Waals surface area contributed by atoms with Crippen molar-refractivity contribution in [2.75, 3.05) is 33.4 Å². The largest absolute Gasteiger partial charge is 0.379 e. The summed E-state index contributed by atoms with van der Waals surface area (Å²) in [4.78, 5) is 12.0. The third kappa shape index (κ3) is 4.72. The molecule has 1 aliphatic carbocycles. The Balaban J connectivity index is 1.53. The molecule has 0 aromatic rings. The molecular weight excluding hydrogens is 256 g/mol. The lowest BCUT2D eigenvalue weighted by Gasteiger charge is -2.22. The van der Waals surface area contributed by atoms with Crippen LogP contribution in [0.3, 0.4) is 0 Å². The van der Waals surface area contributed by atoms with Crippen LogP contribution in [-0.2, 0) is 14.3 Å². The molecule has 20 heavy (non-hydrogen) atoms. The molecule has 116 valence electrons. The van der Waals surface area contributed by atoms with Gasteiger partial charge in [0.2, 0.25) is 5.91 Å². The first kappa shape index (κ1) is 15.7. The van der Waals surface area contributed by atoms with E-state index in [0.29, 0.717) is 25.9 Å². The van der Waals surface area contributed by atoms with E-state index in [1.54, 1.807) is 0 Å². The molecule has 0 radical (unpaired) electrons. The van der Waals surface area contributed by atoms with Gasteiger partial charge in [0, 0.05) is 19.2 Å². The summed E-state index contributed by atoms with van der Waals surface area (Å²) in [7, 11) is 1.87. The average molecular weight is 284 g/mol. The number of amides is 1. The second-order valence-electron chi connectivity index (χ2n) is 5.81. The van der Waals surface area contributed by atoms with Gasteiger partial charge in [-0.15, -0.1) is 0 Å². The quantitative estimate of drug-likeness (QED) is 0.687. The van der Waals surface area contributed by atoms with Crippen LogP contribution in [0.1, 0.15) is 38.5 Å². The van der Waals surface area contributed by atoms with Crippen LogP contribution in [0.4, 0.5) is 0 Å². The monoisotopic (exact) mass is 284 g/mol. The van der Waals surface area contributed by atoms with E-state index in [4.69, 9.17) is 9.47 Å². The molecule has 5 nitrogen and oxygen atoms in total. The first-order chi connectivity index (χ1) is 9.81. The molecule has 2 aliphatic rings. The van der Waals surface area contributed by atoms with Crippen molar-refractivity contribution in [3.63, 3.8) is 0 Å². The first-order valence-corrected chi connectivity index (χ1v) is 7.95. The molecule has 0 aromatic carbocycles. The zero-order valence-corrected chi connectivity index (χ0v) is 12.5. The van der Waals surface area contributed by atoms with Gasteiger partial charge in [0.05, 0.1) is 25.2 Å². The number of carbonyl (C=O) groups is 1. The van der Waals surface area contributed by atoms with Gasteiger partial charge >= 0.3 is 0 Å². The zero-order chi connectivity index (χ0) is 14.2. The van der Waals surface area contributed by atoms with Crippen molar-refractivity contribution in [3.05, 3.63) is 0 Å². The summed E-state index contributed by atoms with van der Waals surface area (Å²) < 4.78 is 11.2. The smallest absolute Gasteiger partial charge is 0.227 e. The van der Waals surface area contributed by atoms with Gasteiger partial charge in [-0.2, -0.15) is 0 Å². The van der Waals surface area contributed by atoms with Crippen LogP contribution in [0, 0.1) is 5.92 Å². The maximum atomic E-state index is 12.0. The van der Waals surface area contributed by atoms with Gasteiger partial charge in [-0.25, -0.2) is 0 Å². The molecule has 5 heteroatoms. The minimum absolute atomic E-state index is 0.0562. The molecule has 1 aliphatic heterocycles. The summed E-state index contributed by atoms with van der Waals surface area (Å²) in [6.07, 6.45) is 7.71. The van der Waals surface area contributed by atoms with Gasteiger partial charge in [-0.3, -0.25) is 4.79 Å². The fourth-order valence-electron chi connectivity index (χ4n) is 2.99. The molecule has 1 amide bonds. The van der Waals surface area contributed by atoms with Gasteiger partial charge in [-0.05, 0) is 26.3 Å². The second kappa shape index (κ2) is 8.60. The molecule has 1 saturated heterocycles. The van der Waals surface area contributed by atoms with E-state index >= 15 is 0 Å². The Labute approximate surface area is 121 Å². The molecule has 1 heterocycles. The number of likely N-dealkylation sites (N-methyl/N-ethyl adjacent to an activating group) is 1. The van der Waals surface area contributed by atoms with E-state index in [2.05, 4.69) is 10.6 Å². The molecule has 2 unspecified atom stereocenters. The highest BCUT2D eigenvalue weighted by Crippen LogP contribution is 2.20. The highest BCUT2D eigenvalue weighted by molar-refractivity contribution is 5.79. The van der Waals surface area contributed by atoms with Crippen molar-refractivity contribution in [2.45, 2.75) is 50.7 Å². The number of rotatable bonds is 7. The molecular formula is C15H28N2O3. The molecule has 2 N–H and O–H groups in total. The molecule has 0 bridgehead atoms. The second-order valence-corrected chi connectivity index (χ2v) is 5.81. The fourth-order valence-corrected chi connectivity index (χ4v) is 2.99. The summed E-state index contributed by atoms with van der Waals surface area (Å²) in [5.41, 5.74) is 0. The molecule has 2 rings (SSSR count). The van der Waals surface area contributed by atoms with E-state index in [0.717, 1.165) is 13.0 Å². The van der Waals surface area contributed by atoms with Crippen LogP contribution in [0.2, 0.25) is 0 Å². The van der Waals surface area contributed by atoms with Gasteiger partial charge < -0.3 is 20.1 Å². The maximum absolute atomic E-state index is 12.0. The Hall–Kier alpha value is -0.650. The number of hydrogen-bond donors (Lipinski definition) is 2. The molecule has 0 aromatic heterocycles. The molecule has 0 spiro atoms. The Kier molecular flexibility index (Phi) is 6.76. The van der Waals surface area contributed by atoms with E-state index in [1.165, 1.54) is 32.1 Å². The van der Waals surface area contributed by atoms with Crippen molar-refractivity contribution in [3.8, 4) is 0 Å². The van der Waals surface area contributed by atoms with Crippen LogP contribution >= 0.6 is 0 Å². The predicted octanol–water partition coefficient (Wildman–Crippen LogP) is 1.08. The van der Waals surface area contributed by atoms with Crippen molar-refractivity contribution in [2.24, 2.45) is 5.92 Å². The van der Waals surface area contributed by atoms with Gasteiger partial charge in [-0.1, -0.05) is 19.3 Å².